The van der Waals surface area contributed by atoms with E-state index in [9.17, 15) is 18.8 Å². The van der Waals surface area contributed by atoms with Crippen LogP contribution in [0.15, 0.2) is 18.2 Å². The minimum Gasteiger partial charge on any atom is -0.444 e. The number of rotatable bonds is 5. The van der Waals surface area contributed by atoms with Crippen molar-refractivity contribution in [3.05, 3.63) is 29.6 Å². The second kappa shape index (κ2) is 9.03. The minimum absolute atomic E-state index is 0.130. The molecule has 0 aliphatic carbocycles. The van der Waals surface area contributed by atoms with E-state index in [1.807, 2.05) is 0 Å². The van der Waals surface area contributed by atoms with Crippen molar-refractivity contribution in [1.29, 1.82) is 0 Å². The molecule has 1 aliphatic heterocycles. The van der Waals surface area contributed by atoms with Gasteiger partial charge in [0.15, 0.2) is 0 Å². The molecule has 1 aromatic carbocycles. The molecule has 8 heteroatoms. The number of halogens is 1. The number of nitrogens with one attached hydrogen (secondary N) is 3. The number of carbonyl (C=O) groups is 3. The monoisotopic (exact) mass is 393 g/mol. The molecule has 0 saturated carbocycles. The number of amides is 3. The van der Waals surface area contributed by atoms with Crippen LogP contribution in [0.25, 0.3) is 0 Å². The average Bonchev–Trinajstić information content (AvgIpc) is 2.57. The molecule has 0 spiro atoms. The molecule has 1 aliphatic rings. The molecule has 1 fully saturated rings. The lowest BCUT2D eigenvalue weighted by atomic mass is 9.91. The maximum atomic E-state index is 13.8. The van der Waals surface area contributed by atoms with Crippen molar-refractivity contribution in [2.75, 3.05) is 11.9 Å². The lowest BCUT2D eigenvalue weighted by Crippen LogP contribution is -2.49. The normalized spacial score (nSPS) is 18.0. The summed E-state index contributed by atoms with van der Waals surface area (Å²) in [5, 5.41) is 7.91. The zero-order valence-electron chi connectivity index (χ0n) is 16.7. The topological polar surface area (TPSA) is 96.5 Å². The summed E-state index contributed by atoms with van der Waals surface area (Å²) < 4.78 is 19.0. The maximum Gasteiger partial charge on any atom is 0.408 e. The molecule has 1 heterocycles. The van der Waals surface area contributed by atoms with Crippen molar-refractivity contribution in [2.24, 2.45) is 5.92 Å². The number of hydrogen-bond donors (Lipinski definition) is 3. The third-order valence-electron chi connectivity index (χ3n) is 4.37. The molecule has 28 heavy (non-hydrogen) atoms. The van der Waals surface area contributed by atoms with E-state index in [1.54, 1.807) is 39.8 Å². The third kappa shape index (κ3) is 6.51. The zero-order valence-corrected chi connectivity index (χ0v) is 16.7. The van der Waals surface area contributed by atoms with Crippen LogP contribution in [-0.2, 0) is 14.3 Å². The van der Waals surface area contributed by atoms with Crippen molar-refractivity contribution >= 4 is 23.6 Å². The Labute approximate surface area is 164 Å². The van der Waals surface area contributed by atoms with Gasteiger partial charge < -0.3 is 20.7 Å². The number of benzene rings is 1. The Morgan fingerprint density at radius 1 is 1.36 bits per heavy atom. The highest BCUT2D eigenvalue weighted by atomic mass is 19.1. The van der Waals surface area contributed by atoms with E-state index in [0.717, 1.165) is 6.42 Å². The molecule has 1 aromatic rings. The fraction of sp³-hybridized carbons (Fsp3) is 0.550. The molecule has 7 nitrogen and oxygen atoms in total. The predicted molar refractivity (Wildman–Crippen MR) is 103 cm³/mol. The van der Waals surface area contributed by atoms with Gasteiger partial charge in [0.1, 0.15) is 17.5 Å². The lowest BCUT2D eigenvalue weighted by Gasteiger charge is -2.27. The highest BCUT2D eigenvalue weighted by Gasteiger charge is 2.31. The second-order valence-electron chi connectivity index (χ2n) is 8.02. The molecule has 3 N–H and O–H groups in total. The van der Waals surface area contributed by atoms with Crippen LogP contribution < -0.4 is 16.0 Å². The van der Waals surface area contributed by atoms with Crippen molar-refractivity contribution in [2.45, 2.75) is 58.6 Å². The number of alkyl carbamates (subject to hydrolysis) is 1. The predicted octanol–water partition coefficient (Wildman–Crippen LogP) is 2.88. The molecule has 2 rings (SSSR count). The Hall–Kier alpha value is -2.64. The molecule has 0 bridgehead atoms. The van der Waals surface area contributed by atoms with E-state index >= 15 is 0 Å². The first-order chi connectivity index (χ1) is 13.0. The van der Waals surface area contributed by atoms with Crippen LogP contribution in [0.2, 0.25) is 0 Å². The number of anilines is 1. The van der Waals surface area contributed by atoms with Gasteiger partial charge in [0, 0.05) is 18.2 Å². The molecule has 3 amide bonds. The fourth-order valence-electron chi connectivity index (χ4n) is 2.93. The largest absolute Gasteiger partial charge is 0.444 e. The Bertz CT molecular complexity index is 745. The average molecular weight is 393 g/mol. The SMILES string of the molecule is Cc1ccc(NC(=O)C(CC2CCCNC2=O)NC(=O)OC(C)(C)C)cc1F. The molecule has 2 unspecified atom stereocenters. The van der Waals surface area contributed by atoms with Crippen LogP contribution in [0.5, 0.6) is 0 Å². The van der Waals surface area contributed by atoms with Crippen LogP contribution in [0, 0.1) is 18.7 Å². The third-order valence-corrected chi connectivity index (χ3v) is 4.37. The number of aryl methyl sites for hydroxylation is 1. The Morgan fingerprint density at radius 3 is 2.68 bits per heavy atom. The van der Waals surface area contributed by atoms with E-state index in [4.69, 9.17) is 4.74 Å². The van der Waals surface area contributed by atoms with Gasteiger partial charge in [-0.1, -0.05) is 6.07 Å². The molecule has 1 saturated heterocycles. The summed E-state index contributed by atoms with van der Waals surface area (Å²) in [5.41, 5.74) is 0.00503. The van der Waals surface area contributed by atoms with Crippen molar-refractivity contribution in [3.8, 4) is 0 Å². The molecule has 154 valence electrons. The highest BCUT2D eigenvalue weighted by molar-refractivity contribution is 5.97. The highest BCUT2D eigenvalue weighted by Crippen LogP contribution is 2.20. The standard InChI is InChI=1S/C20H28FN3O4/c1-12-7-8-14(11-15(12)21)23-18(26)16(24-19(27)28-20(2,3)4)10-13-6-5-9-22-17(13)25/h7-8,11,13,16H,5-6,9-10H2,1-4H3,(H,22,25)(H,23,26)(H,24,27). The van der Waals surface area contributed by atoms with E-state index in [1.165, 1.54) is 6.07 Å². The second-order valence-corrected chi connectivity index (χ2v) is 8.02. The molecular formula is C20H28FN3O4. The summed E-state index contributed by atoms with van der Waals surface area (Å²) in [6.45, 7) is 7.37. The Kier molecular flexibility index (Phi) is 6.99. The van der Waals surface area contributed by atoms with Gasteiger partial charge in [-0.2, -0.15) is 0 Å². The van der Waals surface area contributed by atoms with Gasteiger partial charge in [-0.15, -0.1) is 0 Å². The molecule has 0 radical (unpaired) electrons. The zero-order chi connectivity index (χ0) is 20.9. The van der Waals surface area contributed by atoms with E-state index in [-0.39, 0.29) is 18.0 Å². The molecular weight excluding hydrogens is 365 g/mol. The first-order valence-electron chi connectivity index (χ1n) is 9.39. The van der Waals surface area contributed by atoms with E-state index < -0.39 is 35.4 Å². The van der Waals surface area contributed by atoms with Crippen LogP contribution in [0.3, 0.4) is 0 Å². The maximum absolute atomic E-state index is 13.8. The van der Waals surface area contributed by atoms with E-state index in [2.05, 4.69) is 16.0 Å². The summed E-state index contributed by atoms with van der Waals surface area (Å²) in [5.74, 6) is -1.51. The van der Waals surface area contributed by atoms with Gasteiger partial charge in [0.2, 0.25) is 11.8 Å². The minimum atomic E-state index is -0.993. The number of piperidine rings is 1. The van der Waals surface area contributed by atoms with Crippen LogP contribution in [-0.4, -0.2) is 36.1 Å². The van der Waals surface area contributed by atoms with Crippen LogP contribution >= 0.6 is 0 Å². The van der Waals surface area contributed by atoms with Gasteiger partial charge in [-0.25, -0.2) is 9.18 Å². The van der Waals surface area contributed by atoms with Gasteiger partial charge in [0.05, 0.1) is 0 Å². The lowest BCUT2D eigenvalue weighted by molar-refractivity contribution is -0.127. The number of ether oxygens (including phenoxy) is 1. The smallest absolute Gasteiger partial charge is 0.408 e. The summed E-state index contributed by atoms with van der Waals surface area (Å²) in [4.78, 5) is 37.0. The fourth-order valence-corrected chi connectivity index (χ4v) is 2.93. The number of carbonyl (C=O) groups excluding carboxylic acids is 3. The summed E-state index contributed by atoms with van der Waals surface area (Å²) >= 11 is 0. The molecule has 2 atom stereocenters. The Morgan fingerprint density at radius 2 is 2.07 bits per heavy atom. The van der Waals surface area contributed by atoms with Crippen molar-refractivity contribution in [3.63, 3.8) is 0 Å². The molecule has 0 aromatic heterocycles. The summed E-state index contributed by atoms with van der Waals surface area (Å²) in [6, 6.07) is 3.35. The summed E-state index contributed by atoms with van der Waals surface area (Å²) in [6.07, 6.45) is 0.815. The van der Waals surface area contributed by atoms with Gasteiger partial charge >= 0.3 is 6.09 Å². The van der Waals surface area contributed by atoms with Gasteiger partial charge in [0.25, 0.3) is 0 Å². The van der Waals surface area contributed by atoms with Crippen LogP contribution in [0.4, 0.5) is 14.9 Å². The van der Waals surface area contributed by atoms with Crippen LogP contribution in [0.1, 0.15) is 45.6 Å². The van der Waals surface area contributed by atoms with Gasteiger partial charge in [-0.05, 0) is 64.7 Å². The van der Waals surface area contributed by atoms with Crippen molar-refractivity contribution < 1.29 is 23.5 Å². The number of hydrogen-bond acceptors (Lipinski definition) is 4. The first-order valence-corrected chi connectivity index (χ1v) is 9.39. The quantitative estimate of drug-likeness (QED) is 0.717. The first kappa shape index (κ1) is 21.7. The van der Waals surface area contributed by atoms with E-state index in [0.29, 0.717) is 18.5 Å². The van der Waals surface area contributed by atoms with Gasteiger partial charge in [-0.3, -0.25) is 9.59 Å². The van der Waals surface area contributed by atoms with Crippen molar-refractivity contribution in [1.82, 2.24) is 10.6 Å². The Balaban J connectivity index is 2.12. The summed E-state index contributed by atoms with van der Waals surface area (Å²) in [7, 11) is 0.